The van der Waals surface area contributed by atoms with Crippen LogP contribution in [0.4, 0.5) is 8.78 Å². The number of allylic oxidation sites excluding steroid dienone is 2. The third kappa shape index (κ3) is 6.35. The second-order valence-electron chi connectivity index (χ2n) is 6.03. The topological polar surface area (TPSA) is 92.4 Å². The molecule has 0 aliphatic rings. The Morgan fingerprint density at radius 2 is 1.64 bits per heavy atom. The molecule has 0 radical (unpaired) electrons. The molecule has 5 nitrogen and oxygen atoms in total. The van der Waals surface area contributed by atoms with Gasteiger partial charge < -0.3 is 16.2 Å². The van der Waals surface area contributed by atoms with Crippen LogP contribution in [0.25, 0.3) is 0 Å². The lowest BCUT2D eigenvalue weighted by Gasteiger charge is -2.10. The number of carboxylic acid groups (broad SMARTS) is 1. The number of halogens is 2. The fourth-order valence-electron chi connectivity index (χ4n) is 2.46. The van der Waals surface area contributed by atoms with Crippen molar-refractivity contribution in [2.45, 2.75) is 19.4 Å². The highest BCUT2D eigenvalue weighted by Gasteiger charge is 2.11. The highest BCUT2D eigenvalue weighted by atomic mass is 19.1. The molecule has 0 atom stereocenters. The third-order valence-electron chi connectivity index (χ3n) is 4.01. The Balaban J connectivity index is 2.03. The zero-order chi connectivity index (χ0) is 20.5. The number of amides is 1. The highest BCUT2D eigenvalue weighted by Crippen LogP contribution is 2.14. The van der Waals surface area contributed by atoms with Gasteiger partial charge in [0.05, 0.1) is 5.56 Å². The van der Waals surface area contributed by atoms with Gasteiger partial charge in [-0.2, -0.15) is 0 Å². The molecule has 146 valence electrons. The summed E-state index contributed by atoms with van der Waals surface area (Å²) in [5.41, 5.74) is 6.98. The number of aromatic carboxylic acids is 1. The molecule has 0 unspecified atom stereocenters. The van der Waals surface area contributed by atoms with Gasteiger partial charge in [-0.15, -0.1) is 0 Å². The molecular weight excluding hydrogens is 366 g/mol. The Hall–Kier alpha value is -3.48. The smallest absolute Gasteiger partial charge is 0.335 e. The summed E-state index contributed by atoms with van der Waals surface area (Å²) in [7, 11) is 0. The van der Waals surface area contributed by atoms with Crippen molar-refractivity contribution < 1.29 is 23.5 Å². The van der Waals surface area contributed by atoms with Crippen molar-refractivity contribution in [3.05, 3.63) is 94.7 Å². The molecule has 7 heteroatoms. The number of benzene rings is 2. The van der Waals surface area contributed by atoms with E-state index in [1.54, 1.807) is 24.3 Å². The summed E-state index contributed by atoms with van der Waals surface area (Å²) in [5, 5.41) is 11.6. The number of carbonyl (C=O) groups is 2. The van der Waals surface area contributed by atoms with E-state index in [-0.39, 0.29) is 29.9 Å². The second-order valence-corrected chi connectivity index (χ2v) is 6.03. The van der Waals surface area contributed by atoms with Crippen LogP contribution in [0.2, 0.25) is 0 Å². The van der Waals surface area contributed by atoms with E-state index in [2.05, 4.69) is 5.32 Å². The van der Waals surface area contributed by atoms with Crippen LogP contribution in [0.3, 0.4) is 0 Å². The lowest BCUT2D eigenvalue weighted by atomic mass is 10.0. The first kappa shape index (κ1) is 20.8. The molecule has 0 saturated heterocycles. The number of hydrogen-bond acceptors (Lipinski definition) is 3. The maximum atomic E-state index is 13.6. The third-order valence-corrected chi connectivity index (χ3v) is 4.01. The summed E-state index contributed by atoms with van der Waals surface area (Å²) in [4.78, 5) is 23.3. The first-order valence-electron chi connectivity index (χ1n) is 8.52. The van der Waals surface area contributed by atoms with Crippen molar-refractivity contribution in [2.24, 2.45) is 5.73 Å². The van der Waals surface area contributed by atoms with Crippen LogP contribution >= 0.6 is 0 Å². The quantitative estimate of drug-likeness (QED) is 0.478. The number of carboxylic acids is 1. The van der Waals surface area contributed by atoms with E-state index < -0.39 is 17.7 Å². The van der Waals surface area contributed by atoms with Crippen molar-refractivity contribution in [1.29, 1.82) is 0 Å². The summed E-state index contributed by atoms with van der Waals surface area (Å²) in [6.45, 7) is 0.153. The van der Waals surface area contributed by atoms with Crippen LogP contribution in [0.5, 0.6) is 0 Å². The molecule has 0 spiro atoms. The van der Waals surface area contributed by atoms with E-state index in [0.717, 1.165) is 17.8 Å². The Morgan fingerprint density at radius 3 is 2.21 bits per heavy atom. The number of nitrogens with one attached hydrogen (secondary N) is 1. The number of aryl methyl sites for hydroxylation is 1. The summed E-state index contributed by atoms with van der Waals surface area (Å²) in [6, 6.07) is 11.9. The van der Waals surface area contributed by atoms with Crippen LogP contribution in [-0.2, 0) is 17.8 Å². The van der Waals surface area contributed by atoms with Crippen molar-refractivity contribution in [3.63, 3.8) is 0 Å². The Kier molecular flexibility index (Phi) is 7.45. The predicted molar refractivity (Wildman–Crippen MR) is 101 cm³/mol. The Labute approximate surface area is 161 Å². The highest BCUT2D eigenvalue weighted by molar-refractivity contribution is 5.93. The van der Waals surface area contributed by atoms with Gasteiger partial charge in [-0.05, 0) is 54.3 Å². The van der Waals surface area contributed by atoms with E-state index in [1.807, 2.05) is 0 Å². The van der Waals surface area contributed by atoms with Gasteiger partial charge in [0.2, 0.25) is 5.91 Å². The number of hydrogen-bond donors (Lipinski definition) is 3. The number of carbonyl (C=O) groups excluding carboxylic acids is 1. The summed E-state index contributed by atoms with van der Waals surface area (Å²) >= 11 is 0. The van der Waals surface area contributed by atoms with E-state index in [0.29, 0.717) is 12.0 Å². The second kappa shape index (κ2) is 10.0. The molecule has 0 aliphatic heterocycles. The van der Waals surface area contributed by atoms with E-state index in [1.165, 1.54) is 24.3 Å². The maximum Gasteiger partial charge on any atom is 0.335 e. The zero-order valence-electron chi connectivity index (χ0n) is 15.0. The van der Waals surface area contributed by atoms with Gasteiger partial charge in [-0.1, -0.05) is 24.3 Å². The molecule has 0 fully saturated rings. The minimum Gasteiger partial charge on any atom is -0.478 e. The molecule has 0 saturated carbocycles. The zero-order valence-corrected chi connectivity index (χ0v) is 15.0. The van der Waals surface area contributed by atoms with Crippen LogP contribution in [0.15, 0.2) is 72.2 Å². The molecule has 1 amide bonds. The summed E-state index contributed by atoms with van der Waals surface area (Å²) in [5.74, 6) is -2.61. The average Bonchev–Trinajstić information content (AvgIpc) is 2.70. The van der Waals surface area contributed by atoms with Crippen molar-refractivity contribution in [2.75, 3.05) is 0 Å². The number of nitrogens with two attached hydrogens (primary N) is 1. The summed E-state index contributed by atoms with van der Waals surface area (Å²) < 4.78 is 26.6. The molecule has 28 heavy (non-hydrogen) atoms. The predicted octanol–water partition coefficient (Wildman–Crippen LogP) is 3.47. The van der Waals surface area contributed by atoms with Gasteiger partial charge in [0.15, 0.2) is 0 Å². The van der Waals surface area contributed by atoms with E-state index >= 15 is 0 Å². The van der Waals surface area contributed by atoms with Crippen molar-refractivity contribution in [3.8, 4) is 0 Å². The van der Waals surface area contributed by atoms with Gasteiger partial charge in [0, 0.05) is 18.3 Å². The normalized spacial score (nSPS) is 11.9. The van der Waals surface area contributed by atoms with E-state index in [4.69, 9.17) is 10.8 Å². The molecule has 2 aromatic rings. The van der Waals surface area contributed by atoms with Gasteiger partial charge in [0.1, 0.15) is 11.6 Å². The SMILES string of the molecule is N/C=C(F)\C=C(/CCc1ccc(F)cc1)C(=O)NCc1ccc(C(=O)O)cc1. The van der Waals surface area contributed by atoms with Crippen LogP contribution < -0.4 is 11.1 Å². The van der Waals surface area contributed by atoms with Crippen molar-refractivity contribution >= 4 is 11.9 Å². The molecule has 2 rings (SSSR count). The van der Waals surface area contributed by atoms with Crippen LogP contribution in [0.1, 0.15) is 27.9 Å². The molecule has 0 aliphatic carbocycles. The Morgan fingerprint density at radius 1 is 1.04 bits per heavy atom. The average molecular weight is 386 g/mol. The first-order valence-corrected chi connectivity index (χ1v) is 8.52. The summed E-state index contributed by atoms with van der Waals surface area (Å²) in [6.07, 6.45) is 2.48. The molecular formula is C21H20F2N2O3. The monoisotopic (exact) mass is 386 g/mol. The standard InChI is InChI=1S/C21H20F2N2O3/c22-18-9-4-14(5-10-18)1-8-17(11-19(23)12-24)20(26)25-13-15-2-6-16(7-3-15)21(27)28/h2-7,9-12H,1,8,13,24H2,(H,25,26)(H,27,28)/b17-11+,19-12+. The van der Waals surface area contributed by atoms with Gasteiger partial charge in [0.25, 0.3) is 0 Å². The largest absolute Gasteiger partial charge is 0.478 e. The maximum absolute atomic E-state index is 13.6. The molecule has 0 aromatic heterocycles. The van der Waals surface area contributed by atoms with Crippen molar-refractivity contribution in [1.82, 2.24) is 5.32 Å². The first-order chi connectivity index (χ1) is 13.4. The Bertz CT molecular complexity index is 889. The van der Waals surface area contributed by atoms with Crippen LogP contribution in [0, 0.1) is 5.82 Å². The van der Waals surface area contributed by atoms with Gasteiger partial charge in [-0.25, -0.2) is 13.6 Å². The molecule has 4 N–H and O–H groups in total. The minimum absolute atomic E-state index is 0.144. The van der Waals surface area contributed by atoms with Gasteiger partial charge in [-0.3, -0.25) is 4.79 Å². The minimum atomic E-state index is -1.04. The van der Waals surface area contributed by atoms with Gasteiger partial charge >= 0.3 is 5.97 Å². The number of rotatable bonds is 8. The molecule has 0 bridgehead atoms. The lowest BCUT2D eigenvalue weighted by molar-refractivity contribution is -0.117. The molecule has 2 aromatic carbocycles. The van der Waals surface area contributed by atoms with E-state index in [9.17, 15) is 18.4 Å². The lowest BCUT2D eigenvalue weighted by Crippen LogP contribution is -2.25. The fraction of sp³-hybridized carbons (Fsp3) is 0.143. The fourth-order valence-corrected chi connectivity index (χ4v) is 2.46. The van der Waals surface area contributed by atoms with Crippen LogP contribution in [-0.4, -0.2) is 17.0 Å². The molecule has 0 heterocycles.